The van der Waals surface area contributed by atoms with Crippen LogP contribution in [-0.4, -0.2) is 26.4 Å². The van der Waals surface area contributed by atoms with Crippen molar-refractivity contribution in [2.75, 3.05) is 5.75 Å². The number of nitrogens with zero attached hydrogens (tertiary/aromatic N) is 3. The number of rotatable bonds is 7. The molecular formula is C24H27ClN4OS. The van der Waals surface area contributed by atoms with Crippen molar-refractivity contribution in [3.63, 3.8) is 0 Å². The maximum Gasteiger partial charge on any atom is 0.231 e. The minimum absolute atomic E-state index is 0.0374. The highest BCUT2D eigenvalue weighted by atomic mass is 35.5. The first-order valence-electron chi connectivity index (χ1n) is 10.8. The minimum atomic E-state index is -0.232. The molecule has 31 heavy (non-hydrogen) atoms. The lowest BCUT2D eigenvalue weighted by Gasteiger charge is -2.25. The lowest BCUT2D eigenvalue weighted by molar-refractivity contribution is -0.119. The number of amides is 1. The van der Waals surface area contributed by atoms with E-state index in [-0.39, 0.29) is 11.9 Å². The third kappa shape index (κ3) is 5.49. The molecule has 0 saturated heterocycles. The molecule has 7 heteroatoms. The van der Waals surface area contributed by atoms with Crippen LogP contribution in [0.4, 0.5) is 0 Å². The average Bonchev–Trinajstić information content (AvgIpc) is 3.18. The van der Waals surface area contributed by atoms with Crippen LogP contribution in [0, 0.1) is 6.92 Å². The van der Waals surface area contributed by atoms with E-state index in [0.717, 1.165) is 34.9 Å². The van der Waals surface area contributed by atoms with Crippen LogP contribution in [0.5, 0.6) is 0 Å². The summed E-state index contributed by atoms with van der Waals surface area (Å²) in [7, 11) is 0. The van der Waals surface area contributed by atoms with E-state index in [1.165, 1.54) is 31.0 Å². The Balaban J connectivity index is 1.46. The second-order valence-electron chi connectivity index (χ2n) is 7.94. The Morgan fingerprint density at radius 2 is 1.74 bits per heavy atom. The van der Waals surface area contributed by atoms with Crippen molar-refractivity contribution in [3.05, 3.63) is 76.6 Å². The topological polar surface area (TPSA) is 59.8 Å². The van der Waals surface area contributed by atoms with Crippen molar-refractivity contribution in [3.8, 4) is 0 Å². The smallest absolute Gasteiger partial charge is 0.231 e. The van der Waals surface area contributed by atoms with Gasteiger partial charge in [-0.25, -0.2) is 0 Å². The predicted molar refractivity (Wildman–Crippen MR) is 125 cm³/mol. The molecule has 1 fully saturated rings. The molecule has 0 bridgehead atoms. The summed E-state index contributed by atoms with van der Waals surface area (Å²) in [5, 5.41) is 13.3. The molecule has 5 nitrogen and oxygen atoms in total. The van der Waals surface area contributed by atoms with E-state index in [1.54, 1.807) is 0 Å². The van der Waals surface area contributed by atoms with Gasteiger partial charge in [0.2, 0.25) is 5.91 Å². The Bertz CT molecular complexity index is 1000. The molecule has 1 saturated carbocycles. The molecule has 0 radical (unpaired) electrons. The zero-order valence-electron chi connectivity index (χ0n) is 17.6. The van der Waals surface area contributed by atoms with Crippen LogP contribution in [0.15, 0.2) is 59.8 Å². The number of thioether (sulfide) groups is 1. The Morgan fingerprint density at radius 3 is 2.45 bits per heavy atom. The molecule has 0 spiro atoms. The van der Waals surface area contributed by atoms with Crippen LogP contribution in [0.1, 0.15) is 61.1 Å². The van der Waals surface area contributed by atoms with Crippen molar-refractivity contribution in [1.29, 1.82) is 0 Å². The van der Waals surface area contributed by atoms with Gasteiger partial charge in [0, 0.05) is 11.1 Å². The third-order valence-corrected chi connectivity index (χ3v) is 6.94. The number of carbonyl (C=O) groups excluding carboxylic acids is 1. The van der Waals surface area contributed by atoms with Gasteiger partial charge in [-0.3, -0.25) is 4.79 Å². The Kier molecular flexibility index (Phi) is 7.30. The molecule has 1 N–H and O–H groups in total. The molecule has 3 aromatic rings. The number of aryl methyl sites for hydroxylation is 1. The molecule has 1 aliphatic rings. The van der Waals surface area contributed by atoms with Gasteiger partial charge in [-0.1, -0.05) is 85.1 Å². The first-order valence-corrected chi connectivity index (χ1v) is 12.1. The van der Waals surface area contributed by atoms with E-state index in [2.05, 4.69) is 20.1 Å². The quantitative estimate of drug-likeness (QED) is 0.462. The van der Waals surface area contributed by atoms with Crippen LogP contribution >= 0.6 is 23.4 Å². The number of halogens is 1. The summed E-state index contributed by atoms with van der Waals surface area (Å²) >= 11 is 7.52. The Labute approximate surface area is 192 Å². The summed E-state index contributed by atoms with van der Waals surface area (Å²) in [5.74, 6) is 1.18. The number of carbonyl (C=O) groups is 1. The van der Waals surface area contributed by atoms with E-state index in [9.17, 15) is 4.79 Å². The predicted octanol–water partition coefficient (Wildman–Crippen LogP) is 5.74. The van der Waals surface area contributed by atoms with Crippen LogP contribution in [0.25, 0.3) is 0 Å². The molecule has 2 aromatic carbocycles. The third-order valence-electron chi connectivity index (χ3n) is 5.75. The zero-order chi connectivity index (χ0) is 21.6. The van der Waals surface area contributed by atoms with E-state index < -0.39 is 0 Å². The maximum absolute atomic E-state index is 12.9. The second-order valence-corrected chi connectivity index (χ2v) is 9.32. The van der Waals surface area contributed by atoms with Gasteiger partial charge in [0.15, 0.2) is 5.16 Å². The number of benzene rings is 2. The number of nitrogens with one attached hydrogen (secondary N) is 1. The van der Waals surface area contributed by atoms with E-state index in [4.69, 9.17) is 11.6 Å². The molecule has 1 heterocycles. The van der Waals surface area contributed by atoms with Crippen molar-refractivity contribution in [1.82, 2.24) is 20.1 Å². The zero-order valence-corrected chi connectivity index (χ0v) is 19.2. The summed E-state index contributed by atoms with van der Waals surface area (Å²) in [5.41, 5.74) is 2.03. The Morgan fingerprint density at radius 1 is 1.06 bits per heavy atom. The summed E-state index contributed by atoms with van der Waals surface area (Å²) in [4.78, 5) is 12.9. The van der Waals surface area contributed by atoms with E-state index >= 15 is 0 Å². The summed E-state index contributed by atoms with van der Waals surface area (Å²) in [6.45, 7) is 2.00. The highest BCUT2D eigenvalue weighted by Gasteiger charge is 2.23. The van der Waals surface area contributed by atoms with Gasteiger partial charge in [0.1, 0.15) is 5.82 Å². The number of aromatic nitrogens is 3. The summed E-state index contributed by atoms with van der Waals surface area (Å²) in [6.07, 6.45) is 6.10. The van der Waals surface area contributed by atoms with E-state index in [0.29, 0.717) is 16.8 Å². The van der Waals surface area contributed by atoms with Crippen molar-refractivity contribution in [2.24, 2.45) is 0 Å². The molecule has 0 unspecified atom stereocenters. The van der Waals surface area contributed by atoms with E-state index in [1.807, 2.05) is 61.5 Å². The molecule has 1 aliphatic carbocycles. The molecule has 162 valence electrons. The fraction of sp³-hybridized carbons (Fsp3) is 0.375. The SMILES string of the molecule is Cc1nnc(SCC(=O)N[C@@H](c2ccccc2)c2ccc(Cl)cc2)n1C1CCCCC1. The van der Waals surface area contributed by atoms with Gasteiger partial charge < -0.3 is 9.88 Å². The number of hydrogen-bond acceptors (Lipinski definition) is 4. The molecule has 1 aromatic heterocycles. The summed E-state index contributed by atoms with van der Waals surface area (Å²) < 4.78 is 2.23. The van der Waals surface area contributed by atoms with Gasteiger partial charge in [0.05, 0.1) is 11.8 Å². The van der Waals surface area contributed by atoms with Crippen molar-refractivity contribution >= 4 is 29.3 Å². The standard InChI is InChI=1S/C24H27ClN4OS/c1-17-27-28-24(29(17)21-10-6-3-7-11-21)31-16-22(30)26-23(18-8-4-2-5-9-18)19-12-14-20(25)15-13-19/h2,4-5,8-9,12-15,21,23H,3,6-7,10-11,16H2,1H3,(H,26,30)/t23-/m0/s1. The van der Waals surface area contributed by atoms with Gasteiger partial charge in [0.25, 0.3) is 0 Å². The molecule has 4 rings (SSSR count). The average molecular weight is 455 g/mol. The largest absolute Gasteiger partial charge is 0.344 e. The normalized spacial score (nSPS) is 15.5. The number of hydrogen-bond donors (Lipinski definition) is 1. The van der Waals surface area contributed by atoms with Crippen LogP contribution in [-0.2, 0) is 4.79 Å². The lowest BCUT2D eigenvalue weighted by Crippen LogP contribution is -2.30. The lowest BCUT2D eigenvalue weighted by atomic mass is 9.95. The monoisotopic (exact) mass is 454 g/mol. The molecule has 1 atom stereocenters. The first kappa shape index (κ1) is 21.9. The van der Waals surface area contributed by atoms with Crippen molar-refractivity contribution < 1.29 is 4.79 Å². The maximum atomic E-state index is 12.9. The van der Waals surface area contributed by atoms with Gasteiger partial charge in [-0.2, -0.15) is 0 Å². The van der Waals surface area contributed by atoms with Crippen LogP contribution in [0.3, 0.4) is 0 Å². The first-order chi connectivity index (χ1) is 15.1. The van der Waals surface area contributed by atoms with Gasteiger partial charge in [-0.05, 0) is 43.0 Å². The molecule has 1 amide bonds. The fourth-order valence-corrected chi connectivity index (χ4v) is 5.19. The van der Waals surface area contributed by atoms with Crippen LogP contribution < -0.4 is 5.32 Å². The van der Waals surface area contributed by atoms with Gasteiger partial charge in [-0.15, -0.1) is 10.2 Å². The van der Waals surface area contributed by atoms with Crippen LogP contribution in [0.2, 0.25) is 5.02 Å². The molecule has 0 aliphatic heterocycles. The summed E-state index contributed by atoms with van der Waals surface area (Å²) in [6, 6.07) is 17.8. The van der Waals surface area contributed by atoms with Gasteiger partial charge >= 0.3 is 0 Å². The highest BCUT2D eigenvalue weighted by molar-refractivity contribution is 7.99. The minimum Gasteiger partial charge on any atom is -0.344 e. The Hall–Kier alpha value is -2.31. The van der Waals surface area contributed by atoms with Crippen molar-refractivity contribution in [2.45, 2.75) is 56.3 Å². The fourth-order valence-electron chi connectivity index (χ4n) is 4.20. The molecular weight excluding hydrogens is 428 g/mol. The second kappa shape index (κ2) is 10.3. The highest BCUT2D eigenvalue weighted by Crippen LogP contribution is 2.32.